The Morgan fingerprint density at radius 1 is 1.18 bits per heavy atom. The van der Waals surface area contributed by atoms with Gasteiger partial charge in [-0.2, -0.15) is 0 Å². The van der Waals surface area contributed by atoms with Crippen LogP contribution in [0.15, 0.2) is 12.3 Å². The van der Waals surface area contributed by atoms with Crippen molar-refractivity contribution in [3.63, 3.8) is 0 Å². The van der Waals surface area contributed by atoms with Crippen molar-refractivity contribution in [1.29, 1.82) is 0 Å². The van der Waals surface area contributed by atoms with Crippen molar-refractivity contribution in [3.05, 3.63) is 12.3 Å². The van der Waals surface area contributed by atoms with Gasteiger partial charge in [0.1, 0.15) is 30.5 Å². The van der Waals surface area contributed by atoms with Gasteiger partial charge in [0.15, 0.2) is 0 Å². The van der Waals surface area contributed by atoms with E-state index in [0.29, 0.717) is 13.1 Å². The fourth-order valence-electron chi connectivity index (χ4n) is 2.05. The number of hydrogen-bond donors (Lipinski definition) is 5. The lowest BCUT2D eigenvalue weighted by atomic mass is 9.95. The smallest absolute Gasteiger partial charge is 0.111 e. The van der Waals surface area contributed by atoms with Crippen LogP contribution in [0.4, 0.5) is 0 Å². The van der Waals surface area contributed by atoms with Crippen molar-refractivity contribution in [2.24, 2.45) is 0 Å². The lowest BCUT2D eigenvalue weighted by Gasteiger charge is -2.41. The lowest BCUT2D eigenvalue weighted by molar-refractivity contribution is -0.231. The summed E-state index contributed by atoms with van der Waals surface area (Å²) in [6, 6.07) is 0. The summed E-state index contributed by atoms with van der Waals surface area (Å²) in [6.07, 6.45) is -1.58. The van der Waals surface area contributed by atoms with Crippen LogP contribution >= 0.6 is 0 Å². The average molecular weight is 246 g/mol. The van der Waals surface area contributed by atoms with E-state index in [9.17, 15) is 15.3 Å². The highest BCUT2D eigenvalue weighted by atomic mass is 16.5. The summed E-state index contributed by atoms with van der Waals surface area (Å²) in [5.74, 6) is 0. The Labute approximate surface area is 98.9 Å². The zero-order valence-electron chi connectivity index (χ0n) is 9.31. The molecule has 0 aromatic carbocycles. The Hall–Kier alpha value is -0.700. The van der Waals surface area contributed by atoms with Crippen molar-refractivity contribution in [2.75, 3.05) is 19.7 Å². The van der Waals surface area contributed by atoms with E-state index in [4.69, 9.17) is 9.84 Å². The molecule has 0 saturated carbocycles. The van der Waals surface area contributed by atoms with Crippen LogP contribution in [0.1, 0.15) is 0 Å². The molecule has 0 aromatic heterocycles. The van der Waals surface area contributed by atoms with E-state index in [2.05, 4.69) is 5.43 Å². The van der Waals surface area contributed by atoms with E-state index in [1.165, 1.54) is 0 Å². The highest BCUT2D eigenvalue weighted by molar-refractivity contribution is 4.96. The molecule has 5 atom stereocenters. The third kappa shape index (κ3) is 2.59. The Kier molecular flexibility index (Phi) is 3.97. The molecule has 2 heterocycles. The molecule has 17 heavy (non-hydrogen) atoms. The topological polar surface area (TPSA) is 105 Å². The monoisotopic (exact) mass is 246 g/mol. The molecular formula is C10H18N2O5. The van der Waals surface area contributed by atoms with Crippen LogP contribution < -0.4 is 5.43 Å². The summed E-state index contributed by atoms with van der Waals surface area (Å²) in [7, 11) is 0. The molecule has 7 heteroatoms. The number of aliphatic hydroxyl groups is 4. The molecule has 0 bridgehead atoms. The van der Waals surface area contributed by atoms with Crippen LogP contribution in [-0.2, 0) is 4.74 Å². The Morgan fingerprint density at radius 2 is 1.88 bits per heavy atom. The fourth-order valence-corrected chi connectivity index (χ4v) is 2.05. The quantitative estimate of drug-likeness (QED) is 0.365. The van der Waals surface area contributed by atoms with E-state index in [-0.39, 0.29) is 0 Å². The van der Waals surface area contributed by atoms with E-state index < -0.39 is 37.1 Å². The number of hydrazine groups is 1. The van der Waals surface area contributed by atoms with Gasteiger partial charge in [-0.15, -0.1) is 0 Å². The highest BCUT2D eigenvalue weighted by Gasteiger charge is 2.43. The first-order chi connectivity index (χ1) is 8.13. The number of nitrogens with one attached hydrogen (secondary N) is 1. The van der Waals surface area contributed by atoms with Crippen molar-refractivity contribution >= 4 is 0 Å². The molecule has 98 valence electrons. The third-order valence-corrected chi connectivity index (χ3v) is 3.07. The Balaban J connectivity index is 1.98. The van der Waals surface area contributed by atoms with E-state index in [1.54, 1.807) is 11.2 Å². The molecule has 0 spiro atoms. The van der Waals surface area contributed by atoms with Crippen LogP contribution in [0.5, 0.6) is 0 Å². The predicted molar refractivity (Wildman–Crippen MR) is 57.6 cm³/mol. The van der Waals surface area contributed by atoms with Gasteiger partial charge in [0.25, 0.3) is 0 Å². The molecule has 0 aliphatic carbocycles. The largest absolute Gasteiger partial charge is 0.394 e. The average Bonchev–Trinajstić information content (AvgIpc) is 2.83. The van der Waals surface area contributed by atoms with Crippen LogP contribution in [-0.4, -0.2) is 75.7 Å². The van der Waals surface area contributed by atoms with Gasteiger partial charge in [-0.05, 0) is 0 Å². The molecule has 1 unspecified atom stereocenters. The van der Waals surface area contributed by atoms with Gasteiger partial charge < -0.3 is 30.2 Å². The SMILES string of the molecule is OC[C@H]1OC(CN2C=CCN2)[C@H](O)[C@@H](O)[C@@H]1O. The van der Waals surface area contributed by atoms with Gasteiger partial charge in [0.2, 0.25) is 0 Å². The first kappa shape index (κ1) is 12.7. The van der Waals surface area contributed by atoms with Gasteiger partial charge in [-0.25, -0.2) is 5.43 Å². The van der Waals surface area contributed by atoms with Crippen LogP contribution in [0.2, 0.25) is 0 Å². The number of nitrogens with zero attached hydrogens (tertiary/aromatic N) is 1. The number of ether oxygens (including phenoxy) is 1. The zero-order valence-corrected chi connectivity index (χ0v) is 9.31. The maximum Gasteiger partial charge on any atom is 0.111 e. The first-order valence-electron chi connectivity index (χ1n) is 5.61. The summed E-state index contributed by atoms with van der Waals surface area (Å²) in [4.78, 5) is 0. The van der Waals surface area contributed by atoms with Crippen LogP contribution in [0, 0.1) is 0 Å². The second-order valence-corrected chi connectivity index (χ2v) is 4.27. The normalized spacial score (nSPS) is 42.1. The summed E-state index contributed by atoms with van der Waals surface area (Å²) < 4.78 is 5.37. The van der Waals surface area contributed by atoms with Crippen LogP contribution in [0.25, 0.3) is 0 Å². The summed E-state index contributed by atoms with van der Waals surface area (Å²) in [5, 5.41) is 39.7. The summed E-state index contributed by atoms with van der Waals surface area (Å²) in [5.41, 5.74) is 3.01. The third-order valence-electron chi connectivity index (χ3n) is 3.07. The summed E-state index contributed by atoms with van der Waals surface area (Å²) >= 11 is 0. The molecule has 0 amide bonds. The van der Waals surface area contributed by atoms with Gasteiger partial charge in [0, 0.05) is 12.7 Å². The molecule has 0 radical (unpaired) electrons. The van der Waals surface area contributed by atoms with Gasteiger partial charge in [0.05, 0.1) is 13.2 Å². The van der Waals surface area contributed by atoms with E-state index in [1.807, 2.05) is 6.08 Å². The molecule has 1 saturated heterocycles. The summed E-state index contributed by atoms with van der Waals surface area (Å²) in [6.45, 7) is 0.639. The number of rotatable bonds is 3. The molecule has 0 aromatic rings. The number of aliphatic hydroxyl groups excluding tert-OH is 4. The minimum atomic E-state index is -1.31. The Bertz CT molecular complexity index is 286. The van der Waals surface area contributed by atoms with Gasteiger partial charge >= 0.3 is 0 Å². The van der Waals surface area contributed by atoms with E-state index in [0.717, 1.165) is 0 Å². The first-order valence-corrected chi connectivity index (χ1v) is 5.61. The van der Waals surface area contributed by atoms with Gasteiger partial charge in [-0.3, -0.25) is 0 Å². The van der Waals surface area contributed by atoms with Crippen molar-refractivity contribution < 1.29 is 25.2 Å². The predicted octanol–water partition coefficient (Wildman–Crippen LogP) is -2.84. The minimum absolute atomic E-state index is 0.331. The standard InChI is InChI=1S/C10H18N2O5/c13-5-7-9(15)10(16)8(14)6(17-7)4-12-3-1-2-11-12/h1,3,6-11,13-16H,2,4-5H2/t6?,7-,8+,9-,10-/m1/s1. The maximum absolute atomic E-state index is 9.79. The molecule has 1 fully saturated rings. The number of hydrogen-bond acceptors (Lipinski definition) is 7. The molecule has 7 nitrogen and oxygen atoms in total. The molecule has 5 N–H and O–H groups in total. The Morgan fingerprint density at radius 3 is 2.47 bits per heavy atom. The second kappa shape index (κ2) is 5.30. The van der Waals surface area contributed by atoms with Crippen molar-refractivity contribution in [3.8, 4) is 0 Å². The molecule has 2 aliphatic rings. The van der Waals surface area contributed by atoms with Crippen molar-refractivity contribution in [2.45, 2.75) is 30.5 Å². The van der Waals surface area contributed by atoms with Crippen LogP contribution in [0.3, 0.4) is 0 Å². The van der Waals surface area contributed by atoms with E-state index >= 15 is 0 Å². The molecule has 2 aliphatic heterocycles. The minimum Gasteiger partial charge on any atom is -0.394 e. The van der Waals surface area contributed by atoms with Crippen molar-refractivity contribution in [1.82, 2.24) is 10.4 Å². The maximum atomic E-state index is 9.79. The van der Waals surface area contributed by atoms with Gasteiger partial charge in [-0.1, -0.05) is 6.08 Å². The molecular weight excluding hydrogens is 228 g/mol. The molecule has 2 rings (SSSR count). The fraction of sp³-hybridized carbons (Fsp3) is 0.800. The second-order valence-electron chi connectivity index (χ2n) is 4.27. The highest BCUT2D eigenvalue weighted by Crippen LogP contribution is 2.21. The lowest BCUT2D eigenvalue weighted by Crippen LogP contribution is -2.61. The zero-order chi connectivity index (χ0) is 12.4.